The van der Waals surface area contributed by atoms with Gasteiger partial charge in [0.2, 0.25) is 5.91 Å². The smallest absolute Gasteiger partial charge is 0.248 e. The van der Waals surface area contributed by atoms with Gasteiger partial charge < -0.3 is 10.2 Å². The Labute approximate surface area is 153 Å². The second-order valence-electron chi connectivity index (χ2n) is 6.66. The molecular weight excluding hydrogens is 329 g/mol. The number of carbonyl (C=O) groups is 1. The fourth-order valence-electron chi connectivity index (χ4n) is 2.98. The molecule has 1 aliphatic rings. The summed E-state index contributed by atoms with van der Waals surface area (Å²) in [6, 6.07) is 14.1. The van der Waals surface area contributed by atoms with Crippen LogP contribution in [0.4, 0.5) is 10.1 Å². The molecule has 136 valence electrons. The molecule has 0 spiro atoms. The predicted molar refractivity (Wildman–Crippen MR) is 103 cm³/mol. The molecule has 26 heavy (non-hydrogen) atoms. The predicted octanol–water partition coefficient (Wildman–Crippen LogP) is 3.23. The van der Waals surface area contributed by atoms with E-state index in [0.29, 0.717) is 5.56 Å². The molecule has 2 aromatic rings. The van der Waals surface area contributed by atoms with Gasteiger partial charge in [-0.25, -0.2) is 4.39 Å². The zero-order valence-electron chi connectivity index (χ0n) is 15.0. The average Bonchev–Trinajstić information content (AvgIpc) is 2.62. The molecule has 5 heteroatoms. The number of carbonyl (C=O) groups excluding carboxylic acids is 1. The van der Waals surface area contributed by atoms with Gasteiger partial charge in [0.25, 0.3) is 0 Å². The molecule has 2 aromatic carbocycles. The van der Waals surface area contributed by atoms with Crippen LogP contribution in [0.5, 0.6) is 0 Å². The molecule has 0 unspecified atom stereocenters. The highest BCUT2D eigenvalue weighted by Gasteiger charge is 2.13. The van der Waals surface area contributed by atoms with E-state index >= 15 is 0 Å². The number of benzene rings is 2. The van der Waals surface area contributed by atoms with Crippen molar-refractivity contribution in [2.45, 2.75) is 6.54 Å². The lowest BCUT2D eigenvalue weighted by atomic mass is 10.1. The topological polar surface area (TPSA) is 35.6 Å². The molecule has 0 radical (unpaired) electrons. The minimum Gasteiger partial charge on any atom is -0.323 e. The maximum Gasteiger partial charge on any atom is 0.248 e. The summed E-state index contributed by atoms with van der Waals surface area (Å²) in [5, 5.41) is 2.87. The number of nitrogens with zero attached hydrogens (tertiary/aromatic N) is 2. The highest BCUT2D eigenvalue weighted by Crippen LogP contribution is 2.14. The third kappa shape index (κ3) is 5.51. The van der Waals surface area contributed by atoms with Gasteiger partial charge in [-0.2, -0.15) is 0 Å². The molecule has 1 N–H and O–H groups in total. The van der Waals surface area contributed by atoms with E-state index in [-0.39, 0.29) is 11.7 Å². The van der Waals surface area contributed by atoms with E-state index in [1.54, 1.807) is 18.2 Å². The molecule has 3 rings (SSSR count). The van der Waals surface area contributed by atoms with Gasteiger partial charge in [-0.3, -0.25) is 9.69 Å². The highest BCUT2D eigenvalue weighted by atomic mass is 19.1. The third-order valence-corrected chi connectivity index (χ3v) is 4.47. The van der Waals surface area contributed by atoms with Gasteiger partial charge in [0.15, 0.2) is 0 Å². The monoisotopic (exact) mass is 353 g/mol. The molecule has 0 aliphatic carbocycles. The molecule has 4 nitrogen and oxygen atoms in total. The van der Waals surface area contributed by atoms with Crippen LogP contribution < -0.4 is 5.32 Å². The van der Waals surface area contributed by atoms with E-state index in [2.05, 4.69) is 28.2 Å². The molecule has 0 atom stereocenters. The lowest BCUT2D eigenvalue weighted by Crippen LogP contribution is -2.43. The third-order valence-electron chi connectivity index (χ3n) is 4.47. The highest BCUT2D eigenvalue weighted by molar-refractivity contribution is 6.01. The molecule has 0 saturated carbocycles. The normalized spacial score (nSPS) is 16.1. The van der Waals surface area contributed by atoms with Gasteiger partial charge in [0, 0.05) is 44.5 Å². The number of amides is 1. The van der Waals surface area contributed by atoms with E-state index in [4.69, 9.17) is 0 Å². The molecule has 1 fully saturated rings. The Morgan fingerprint density at radius 1 is 1.12 bits per heavy atom. The average molecular weight is 353 g/mol. The zero-order chi connectivity index (χ0) is 18.4. The van der Waals surface area contributed by atoms with Crippen LogP contribution in [0, 0.1) is 5.82 Å². The Morgan fingerprint density at radius 3 is 2.65 bits per heavy atom. The van der Waals surface area contributed by atoms with Crippen LogP contribution in [0.25, 0.3) is 6.08 Å². The van der Waals surface area contributed by atoms with Crippen LogP contribution in [0.15, 0.2) is 54.6 Å². The van der Waals surface area contributed by atoms with Crippen LogP contribution in [-0.2, 0) is 11.3 Å². The maximum atomic E-state index is 13.2. The van der Waals surface area contributed by atoms with Crippen LogP contribution in [-0.4, -0.2) is 48.9 Å². The van der Waals surface area contributed by atoms with E-state index in [9.17, 15) is 9.18 Å². The van der Waals surface area contributed by atoms with Gasteiger partial charge in [-0.1, -0.05) is 24.3 Å². The summed E-state index contributed by atoms with van der Waals surface area (Å²) in [6.07, 6.45) is 3.02. The number of halogens is 1. The molecule has 1 amide bonds. The molecule has 1 saturated heterocycles. The summed E-state index contributed by atoms with van der Waals surface area (Å²) in [5.41, 5.74) is 2.61. The zero-order valence-corrected chi connectivity index (χ0v) is 15.0. The van der Waals surface area contributed by atoms with Crippen LogP contribution in [0.1, 0.15) is 11.1 Å². The number of anilines is 1. The molecule has 1 heterocycles. The van der Waals surface area contributed by atoms with Crippen molar-refractivity contribution in [2.24, 2.45) is 0 Å². The first-order valence-electron chi connectivity index (χ1n) is 8.83. The fourth-order valence-corrected chi connectivity index (χ4v) is 2.98. The van der Waals surface area contributed by atoms with Crippen molar-refractivity contribution in [2.75, 3.05) is 38.5 Å². The first-order chi connectivity index (χ1) is 12.6. The number of likely N-dealkylation sites (N-methyl/N-ethyl adjacent to an activating group) is 1. The first-order valence-corrected chi connectivity index (χ1v) is 8.83. The van der Waals surface area contributed by atoms with Gasteiger partial charge in [0.1, 0.15) is 5.82 Å². The SMILES string of the molecule is CN1CCN(Cc2cccc(NC(=O)/C=C\c3cccc(F)c3)c2)CC1. The van der Waals surface area contributed by atoms with Crippen molar-refractivity contribution in [1.29, 1.82) is 0 Å². The fraction of sp³-hybridized carbons (Fsp3) is 0.286. The molecule has 0 bridgehead atoms. The van der Waals surface area contributed by atoms with Crippen molar-refractivity contribution in [3.05, 3.63) is 71.6 Å². The van der Waals surface area contributed by atoms with Crippen LogP contribution in [0.2, 0.25) is 0 Å². The van der Waals surface area contributed by atoms with Gasteiger partial charge >= 0.3 is 0 Å². The Bertz CT molecular complexity index is 782. The summed E-state index contributed by atoms with van der Waals surface area (Å²) in [5.74, 6) is -0.546. The second kappa shape index (κ2) is 8.74. The van der Waals surface area contributed by atoms with Gasteiger partial charge in [0.05, 0.1) is 0 Å². The number of rotatable bonds is 5. The number of piperazine rings is 1. The van der Waals surface area contributed by atoms with Crippen molar-refractivity contribution >= 4 is 17.7 Å². The largest absolute Gasteiger partial charge is 0.323 e. The van der Waals surface area contributed by atoms with Crippen LogP contribution in [0.3, 0.4) is 0 Å². The minimum absolute atomic E-state index is 0.231. The first kappa shape index (κ1) is 18.3. The van der Waals surface area contributed by atoms with E-state index in [1.807, 2.05) is 18.2 Å². The second-order valence-corrected chi connectivity index (χ2v) is 6.66. The molecular formula is C21H24FN3O. The Balaban J connectivity index is 1.57. The van der Waals surface area contributed by atoms with Gasteiger partial charge in [-0.05, 0) is 48.5 Å². The van der Waals surface area contributed by atoms with E-state index < -0.39 is 0 Å². The molecule has 0 aromatic heterocycles. The summed E-state index contributed by atoms with van der Waals surface area (Å²) in [7, 11) is 2.14. The summed E-state index contributed by atoms with van der Waals surface area (Å²) in [4.78, 5) is 16.9. The number of hydrogen-bond donors (Lipinski definition) is 1. The summed E-state index contributed by atoms with van der Waals surface area (Å²) < 4.78 is 13.2. The number of hydrogen-bond acceptors (Lipinski definition) is 3. The van der Waals surface area contributed by atoms with Crippen molar-refractivity contribution in [3.8, 4) is 0 Å². The Morgan fingerprint density at radius 2 is 1.88 bits per heavy atom. The Kier molecular flexibility index (Phi) is 6.15. The lowest BCUT2D eigenvalue weighted by molar-refractivity contribution is -0.111. The minimum atomic E-state index is -0.316. The summed E-state index contributed by atoms with van der Waals surface area (Å²) in [6.45, 7) is 5.17. The van der Waals surface area contributed by atoms with Crippen molar-refractivity contribution < 1.29 is 9.18 Å². The van der Waals surface area contributed by atoms with E-state index in [1.165, 1.54) is 23.8 Å². The quantitative estimate of drug-likeness (QED) is 0.839. The Hall–Kier alpha value is -2.50. The number of nitrogens with one attached hydrogen (secondary N) is 1. The van der Waals surface area contributed by atoms with Crippen molar-refractivity contribution in [1.82, 2.24) is 9.80 Å². The summed E-state index contributed by atoms with van der Waals surface area (Å²) >= 11 is 0. The molecule has 1 aliphatic heterocycles. The van der Waals surface area contributed by atoms with Crippen molar-refractivity contribution in [3.63, 3.8) is 0 Å². The lowest BCUT2D eigenvalue weighted by Gasteiger charge is -2.32. The van der Waals surface area contributed by atoms with Crippen LogP contribution >= 0.6 is 0 Å². The maximum absolute atomic E-state index is 13.2. The van der Waals surface area contributed by atoms with E-state index in [0.717, 1.165) is 38.4 Å². The van der Waals surface area contributed by atoms with Gasteiger partial charge in [-0.15, -0.1) is 0 Å². The standard InChI is InChI=1S/C21H24FN3O/c1-24-10-12-25(13-11-24)16-18-5-3-7-20(15-18)23-21(26)9-8-17-4-2-6-19(22)14-17/h2-9,14-15H,10-13,16H2,1H3,(H,23,26)/b9-8-.